The van der Waals surface area contributed by atoms with Gasteiger partial charge in [0.1, 0.15) is 5.75 Å². The number of methoxy groups -OCH3 is 1. The Balaban J connectivity index is 2.11. The van der Waals surface area contributed by atoms with E-state index in [-0.39, 0.29) is 5.91 Å². The first kappa shape index (κ1) is 14.9. The minimum absolute atomic E-state index is 0.0321. The molecule has 3 rings (SSSR count). The van der Waals surface area contributed by atoms with Crippen molar-refractivity contribution in [3.63, 3.8) is 0 Å². The topological polar surface area (TPSA) is 29.5 Å². The van der Waals surface area contributed by atoms with Crippen molar-refractivity contribution in [2.45, 2.75) is 22.6 Å². The number of carbonyl (C=O) groups excluding carboxylic acids is 1. The zero-order valence-electron chi connectivity index (χ0n) is 12.6. The summed E-state index contributed by atoms with van der Waals surface area (Å²) in [6, 6.07) is 0. The Labute approximate surface area is 134 Å². The van der Waals surface area contributed by atoms with Crippen molar-refractivity contribution in [1.82, 2.24) is 4.90 Å². The predicted molar refractivity (Wildman–Crippen MR) is 89.6 cm³/mol. The summed E-state index contributed by atoms with van der Waals surface area (Å²) in [5.74, 6) is 3.29. The van der Waals surface area contributed by atoms with Crippen molar-refractivity contribution in [3.05, 3.63) is 22.8 Å². The fourth-order valence-electron chi connectivity index (χ4n) is 2.81. The number of carbonyl (C=O) groups is 1. The molecule has 1 amide bonds. The van der Waals surface area contributed by atoms with Gasteiger partial charge in [0.15, 0.2) is 0 Å². The Morgan fingerprint density at radius 1 is 1.14 bits per heavy atom. The second-order valence-electron chi connectivity index (χ2n) is 5.33. The average Bonchev–Trinajstić information content (AvgIpc) is 3.11. The lowest BCUT2D eigenvalue weighted by Crippen LogP contribution is -2.18. The molecular formula is C16H19NO2S2. The van der Waals surface area contributed by atoms with Crippen LogP contribution in [0.1, 0.15) is 16.7 Å². The lowest BCUT2D eigenvalue weighted by molar-refractivity contribution is -0.123. The highest BCUT2D eigenvalue weighted by Gasteiger charge is 2.29. The van der Waals surface area contributed by atoms with Crippen LogP contribution in [0.4, 0.5) is 0 Å². The first-order valence-corrected chi connectivity index (χ1v) is 9.01. The minimum Gasteiger partial charge on any atom is -0.494 e. The van der Waals surface area contributed by atoms with E-state index in [1.807, 2.05) is 29.6 Å². The van der Waals surface area contributed by atoms with Gasteiger partial charge in [0.2, 0.25) is 5.91 Å². The molecule has 1 aromatic carbocycles. The number of ether oxygens (including phenoxy) is 1. The molecule has 2 aliphatic rings. The number of likely N-dealkylation sites (N-methyl/N-ethyl adjacent to an activating group) is 1. The van der Waals surface area contributed by atoms with Gasteiger partial charge in [0, 0.05) is 31.7 Å². The zero-order chi connectivity index (χ0) is 15.0. The summed E-state index contributed by atoms with van der Waals surface area (Å²) in [6.45, 7) is 0. The van der Waals surface area contributed by atoms with Crippen molar-refractivity contribution in [2.75, 3.05) is 32.7 Å². The highest BCUT2D eigenvalue weighted by molar-refractivity contribution is 8.00. The molecule has 0 unspecified atom stereocenters. The number of benzene rings is 1. The van der Waals surface area contributed by atoms with Crippen molar-refractivity contribution < 1.29 is 9.53 Å². The van der Waals surface area contributed by atoms with Gasteiger partial charge in [0.25, 0.3) is 0 Å². The van der Waals surface area contributed by atoms with Crippen molar-refractivity contribution >= 4 is 35.5 Å². The first-order chi connectivity index (χ1) is 10.1. The number of rotatable bonds is 3. The summed E-state index contributed by atoms with van der Waals surface area (Å²) in [5.41, 5.74) is 3.98. The summed E-state index contributed by atoms with van der Waals surface area (Å²) in [7, 11) is 5.32. The quantitative estimate of drug-likeness (QED) is 0.800. The molecule has 0 radical (unpaired) electrons. The maximum atomic E-state index is 11.8. The first-order valence-electron chi connectivity index (χ1n) is 7.04. The van der Waals surface area contributed by atoms with E-state index < -0.39 is 0 Å². The van der Waals surface area contributed by atoms with Gasteiger partial charge < -0.3 is 9.64 Å². The molecule has 21 heavy (non-hydrogen) atoms. The summed E-state index contributed by atoms with van der Waals surface area (Å²) in [6.07, 6.45) is 5.82. The maximum Gasteiger partial charge on any atom is 0.246 e. The van der Waals surface area contributed by atoms with Crippen molar-refractivity contribution in [2.24, 2.45) is 0 Å². The highest BCUT2D eigenvalue weighted by Crippen LogP contribution is 2.51. The third kappa shape index (κ3) is 2.57. The molecule has 0 N–H and O–H groups in total. The number of hydrogen-bond acceptors (Lipinski definition) is 4. The molecule has 0 saturated carbocycles. The number of thioether (sulfide) groups is 2. The van der Waals surface area contributed by atoms with Crippen LogP contribution in [-0.4, -0.2) is 43.5 Å². The fourth-order valence-corrected chi connectivity index (χ4v) is 5.30. The molecule has 112 valence electrons. The van der Waals surface area contributed by atoms with Crippen LogP contribution >= 0.6 is 23.5 Å². The lowest BCUT2D eigenvalue weighted by Gasteiger charge is -2.16. The van der Waals surface area contributed by atoms with Crippen LogP contribution in [0.15, 0.2) is 15.9 Å². The van der Waals surface area contributed by atoms with Crippen LogP contribution in [0.25, 0.3) is 6.08 Å². The molecule has 5 heteroatoms. The van der Waals surface area contributed by atoms with E-state index >= 15 is 0 Å². The summed E-state index contributed by atoms with van der Waals surface area (Å²) < 4.78 is 5.68. The molecule has 2 heterocycles. The molecule has 0 atom stereocenters. The third-order valence-corrected chi connectivity index (χ3v) is 6.10. The van der Waals surface area contributed by atoms with Crippen LogP contribution in [0.3, 0.4) is 0 Å². The van der Waals surface area contributed by atoms with Crippen LogP contribution < -0.4 is 4.74 Å². The number of hydrogen-bond donors (Lipinski definition) is 0. The standard InChI is InChI=1S/C16H19NO2S2/c1-17(2)13(18)5-4-10-11-6-8-20-15(11)14(19-3)16-12(10)7-9-21-16/h4-5H,6-9H2,1-3H3/b5-4+. The Morgan fingerprint density at radius 3 is 2.19 bits per heavy atom. The van der Waals surface area contributed by atoms with Gasteiger partial charge in [-0.15, -0.1) is 23.5 Å². The zero-order valence-corrected chi connectivity index (χ0v) is 14.2. The van der Waals surface area contributed by atoms with E-state index in [1.54, 1.807) is 32.2 Å². The Kier molecular flexibility index (Phi) is 4.22. The monoisotopic (exact) mass is 321 g/mol. The van der Waals surface area contributed by atoms with Gasteiger partial charge in [-0.1, -0.05) is 0 Å². The molecule has 3 nitrogen and oxygen atoms in total. The number of amides is 1. The SMILES string of the molecule is COc1c2c(c(/C=C/C(=O)N(C)C)c3c1SCC3)CCS2. The molecule has 0 bridgehead atoms. The van der Waals surface area contributed by atoms with Crippen LogP contribution in [0.2, 0.25) is 0 Å². The second-order valence-corrected chi connectivity index (χ2v) is 7.54. The molecule has 2 aliphatic heterocycles. The normalized spacial score (nSPS) is 16.1. The van der Waals surface area contributed by atoms with E-state index in [0.29, 0.717) is 0 Å². The molecule has 0 spiro atoms. The Bertz CT molecular complexity index is 588. The van der Waals surface area contributed by atoms with Crippen LogP contribution in [-0.2, 0) is 17.6 Å². The molecule has 0 aliphatic carbocycles. The predicted octanol–water partition coefficient (Wildman–Crippen LogP) is 3.09. The van der Waals surface area contributed by atoms with Gasteiger partial charge in [0.05, 0.1) is 16.9 Å². The third-order valence-electron chi connectivity index (χ3n) is 3.85. The van der Waals surface area contributed by atoms with Gasteiger partial charge in [-0.2, -0.15) is 0 Å². The number of fused-ring (bicyclic) bond motifs is 2. The van der Waals surface area contributed by atoms with Crippen molar-refractivity contribution in [1.29, 1.82) is 0 Å². The molecule has 0 aromatic heterocycles. The molecule has 1 aromatic rings. The summed E-state index contributed by atoms with van der Waals surface area (Å²) in [5, 5.41) is 0. The maximum absolute atomic E-state index is 11.8. The van der Waals surface area contributed by atoms with E-state index in [0.717, 1.165) is 30.1 Å². The smallest absolute Gasteiger partial charge is 0.246 e. The second kappa shape index (κ2) is 5.97. The Morgan fingerprint density at radius 2 is 1.71 bits per heavy atom. The average molecular weight is 321 g/mol. The molecule has 0 saturated heterocycles. The van der Waals surface area contributed by atoms with Crippen molar-refractivity contribution in [3.8, 4) is 5.75 Å². The summed E-state index contributed by atoms with van der Waals surface area (Å²) in [4.78, 5) is 16.0. The van der Waals surface area contributed by atoms with E-state index in [1.165, 1.54) is 26.5 Å². The highest BCUT2D eigenvalue weighted by atomic mass is 32.2. The van der Waals surface area contributed by atoms with Gasteiger partial charge in [-0.05, 0) is 35.6 Å². The van der Waals surface area contributed by atoms with Crippen LogP contribution in [0, 0.1) is 0 Å². The lowest BCUT2D eigenvalue weighted by atomic mass is 9.96. The number of nitrogens with zero attached hydrogens (tertiary/aromatic N) is 1. The summed E-state index contributed by atoms with van der Waals surface area (Å²) >= 11 is 3.74. The van der Waals surface area contributed by atoms with Crippen LogP contribution in [0.5, 0.6) is 5.75 Å². The van der Waals surface area contributed by atoms with Gasteiger partial charge in [-0.25, -0.2) is 0 Å². The fraction of sp³-hybridized carbons (Fsp3) is 0.438. The minimum atomic E-state index is 0.0321. The molecular weight excluding hydrogens is 302 g/mol. The van der Waals surface area contributed by atoms with E-state index in [2.05, 4.69) is 0 Å². The van der Waals surface area contributed by atoms with Gasteiger partial charge in [-0.3, -0.25) is 4.79 Å². The molecule has 0 fully saturated rings. The van der Waals surface area contributed by atoms with E-state index in [4.69, 9.17) is 4.74 Å². The van der Waals surface area contributed by atoms with E-state index in [9.17, 15) is 4.79 Å². The van der Waals surface area contributed by atoms with Gasteiger partial charge >= 0.3 is 0 Å². The Hall–Kier alpha value is -1.07. The largest absolute Gasteiger partial charge is 0.494 e.